The van der Waals surface area contributed by atoms with E-state index < -0.39 is 11.8 Å². The zero-order valence-corrected chi connectivity index (χ0v) is 15.0. The van der Waals surface area contributed by atoms with Gasteiger partial charge in [0, 0.05) is 18.4 Å². The number of nitrogens with one attached hydrogen (secondary N) is 2. The molecule has 1 heterocycles. The van der Waals surface area contributed by atoms with Crippen molar-refractivity contribution in [1.29, 1.82) is 5.26 Å². The highest BCUT2D eigenvalue weighted by molar-refractivity contribution is 6.43. The molecule has 0 fully saturated rings. The Morgan fingerprint density at radius 1 is 1.00 bits per heavy atom. The number of nitrogens with zero attached hydrogens (tertiary/aromatic N) is 3. The predicted molar refractivity (Wildman–Crippen MR) is 103 cm³/mol. The largest absolute Gasteiger partial charge is 0.457 e. The standard InChI is InChI=1S/C20H17N5O3/c1-2-25-13-16(12-22-25)24-20(27)19(26)23-15-5-9-18(10-6-15)28-17-7-3-14(11-21)4-8-17/h3-10,12-13H,2H2,1H3,(H,23,26)(H,24,27). The SMILES string of the molecule is CCn1cc(NC(=O)C(=O)Nc2ccc(Oc3ccc(C#N)cc3)cc2)cn1. The molecule has 0 spiro atoms. The molecule has 140 valence electrons. The minimum absolute atomic E-state index is 0.452. The van der Waals surface area contributed by atoms with Crippen LogP contribution < -0.4 is 15.4 Å². The Morgan fingerprint density at radius 2 is 1.57 bits per heavy atom. The molecule has 1 aromatic heterocycles. The zero-order valence-electron chi connectivity index (χ0n) is 15.0. The van der Waals surface area contributed by atoms with Crippen LogP contribution in [0.15, 0.2) is 60.9 Å². The second kappa shape index (κ2) is 8.51. The Bertz CT molecular complexity index is 1020. The van der Waals surface area contributed by atoms with Crippen LogP contribution in [0.1, 0.15) is 12.5 Å². The summed E-state index contributed by atoms with van der Waals surface area (Å²) in [5.41, 5.74) is 1.45. The van der Waals surface area contributed by atoms with Crippen LogP contribution >= 0.6 is 0 Å². The van der Waals surface area contributed by atoms with E-state index in [1.165, 1.54) is 6.20 Å². The third kappa shape index (κ3) is 4.74. The topological polar surface area (TPSA) is 109 Å². The number of benzene rings is 2. The van der Waals surface area contributed by atoms with Crippen molar-refractivity contribution in [1.82, 2.24) is 9.78 Å². The van der Waals surface area contributed by atoms with E-state index in [0.29, 0.717) is 35.0 Å². The number of nitriles is 1. The van der Waals surface area contributed by atoms with Gasteiger partial charge in [0.05, 0.1) is 23.5 Å². The highest BCUT2D eigenvalue weighted by Crippen LogP contribution is 2.23. The normalized spacial score (nSPS) is 10.0. The fourth-order valence-corrected chi connectivity index (χ4v) is 2.32. The molecule has 0 radical (unpaired) electrons. The molecule has 3 rings (SSSR count). The van der Waals surface area contributed by atoms with E-state index in [1.807, 2.05) is 13.0 Å². The summed E-state index contributed by atoms with van der Waals surface area (Å²) in [5.74, 6) is -0.430. The zero-order chi connectivity index (χ0) is 19.9. The second-order valence-electron chi connectivity index (χ2n) is 5.76. The molecule has 8 nitrogen and oxygen atoms in total. The molecule has 2 N–H and O–H groups in total. The van der Waals surface area contributed by atoms with Crippen molar-refractivity contribution in [3.05, 3.63) is 66.5 Å². The molecular formula is C20H17N5O3. The van der Waals surface area contributed by atoms with Gasteiger partial charge in [0.2, 0.25) is 0 Å². The summed E-state index contributed by atoms with van der Waals surface area (Å²) in [7, 11) is 0. The summed E-state index contributed by atoms with van der Waals surface area (Å²) in [6.07, 6.45) is 3.12. The molecule has 0 aliphatic carbocycles. The van der Waals surface area contributed by atoms with E-state index in [2.05, 4.69) is 15.7 Å². The van der Waals surface area contributed by atoms with E-state index in [0.717, 1.165) is 0 Å². The van der Waals surface area contributed by atoms with Crippen molar-refractivity contribution in [3.63, 3.8) is 0 Å². The molecule has 2 amide bonds. The van der Waals surface area contributed by atoms with Gasteiger partial charge < -0.3 is 15.4 Å². The predicted octanol–water partition coefficient (Wildman–Crippen LogP) is 3.14. The number of hydrogen-bond acceptors (Lipinski definition) is 5. The van der Waals surface area contributed by atoms with Gasteiger partial charge in [0.15, 0.2) is 0 Å². The average Bonchev–Trinajstić information content (AvgIpc) is 3.17. The Hall–Kier alpha value is -4.12. The van der Waals surface area contributed by atoms with Crippen LogP contribution in [0.2, 0.25) is 0 Å². The maximum Gasteiger partial charge on any atom is 0.314 e. The fraction of sp³-hybridized carbons (Fsp3) is 0.100. The molecule has 8 heteroatoms. The van der Waals surface area contributed by atoms with Crippen LogP contribution in [0.4, 0.5) is 11.4 Å². The molecule has 0 atom stereocenters. The van der Waals surface area contributed by atoms with Gasteiger partial charge in [0.1, 0.15) is 11.5 Å². The first kappa shape index (κ1) is 18.7. The number of aromatic nitrogens is 2. The van der Waals surface area contributed by atoms with E-state index in [4.69, 9.17) is 10.00 Å². The molecule has 3 aromatic rings. The Kier molecular flexibility index (Phi) is 5.67. The highest BCUT2D eigenvalue weighted by atomic mass is 16.5. The van der Waals surface area contributed by atoms with Crippen molar-refractivity contribution in [2.75, 3.05) is 10.6 Å². The quantitative estimate of drug-likeness (QED) is 0.666. The van der Waals surface area contributed by atoms with Crippen molar-refractivity contribution >= 4 is 23.2 Å². The maximum absolute atomic E-state index is 12.0. The van der Waals surface area contributed by atoms with Gasteiger partial charge in [0.25, 0.3) is 0 Å². The van der Waals surface area contributed by atoms with Crippen LogP contribution in [0.5, 0.6) is 11.5 Å². The minimum Gasteiger partial charge on any atom is -0.457 e. The molecule has 0 saturated heterocycles. The summed E-state index contributed by atoms with van der Waals surface area (Å²) in [6, 6.07) is 15.3. The smallest absolute Gasteiger partial charge is 0.314 e. The number of aryl methyl sites for hydroxylation is 1. The van der Waals surface area contributed by atoms with Crippen LogP contribution in [0, 0.1) is 11.3 Å². The van der Waals surface area contributed by atoms with Crippen LogP contribution in [0.25, 0.3) is 0 Å². The molecule has 0 bridgehead atoms. The third-order valence-corrected chi connectivity index (χ3v) is 3.75. The van der Waals surface area contributed by atoms with Gasteiger partial charge in [-0.15, -0.1) is 0 Å². The lowest BCUT2D eigenvalue weighted by atomic mass is 10.2. The number of carbonyl (C=O) groups excluding carboxylic acids is 2. The number of ether oxygens (including phenoxy) is 1. The molecule has 0 saturated carbocycles. The highest BCUT2D eigenvalue weighted by Gasteiger charge is 2.15. The Balaban J connectivity index is 1.56. The fourth-order valence-electron chi connectivity index (χ4n) is 2.32. The van der Waals surface area contributed by atoms with Crippen molar-refractivity contribution in [3.8, 4) is 17.6 Å². The number of amides is 2. The molecule has 0 aliphatic rings. The Morgan fingerprint density at radius 3 is 2.11 bits per heavy atom. The molecule has 2 aromatic carbocycles. The van der Waals surface area contributed by atoms with Crippen LogP contribution in [0.3, 0.4) is 0 Å². The van der Waals surface area contributed by atoms with Crippen molar-refractivity contribution in [2.24, 2.45) is 0 Å². The number of hydrogen-bond donors (Lipinski definition) is 2. The first-order chi connectivity index (χ1) is 13.6. The van der Waals surface area contributed by atoms with Gasteiger partial charge in [-0.25, -0.2) is 0 Å². The van der Waals surface area contributed by atoms with Crippen LogP contribution in [-0.2, 0) is 16.1 Å². The maximum atomic E-state index is 12.0. The minimum atomic E-state index is -0.787. The molecular weight excluding hydrogens is 358 g/mol. The molecule has 28 heavy (non-hydrogen) atoms. The van der Waals surface area contributed by atoms with Crippen molar-refractivity contribution in [2.45, 2.75) is 13.5 Å². The second-order valence-corrected chi connectivity index (χ2v) is 5.76. The lowest BCUT2D eigenvalue weighted by Gasteiger charge is -2.08. The van der Waals surface area contributed by atoms with Crippen LogP contribution in [-0.4, -0.2) is 21.6 Å². The first-order valence-corrected chi connectivity index (χ1v) is 8.50. The van der Waals surface area contributed by atoms with E-state index in [9.17, 15) is 9.59 Å². The molecule has 0 aliphatic heterocycles. The van der Waals surface area contributed by atoms with E-state index >= 15 is 0 Å². The van der Waals surface area contributed by atoms with E-state index in [-0.39, 0.29) is 0 Å². The van der Waals surface area contributed by atoms with E-state index in [1.54, 1.807) is 59.4 Å². The summed E-state index contributed by atoms with van der Waals surface area (Å²) in [5, 5.41) is 17.8. The lowest BCUT2D eigenvalue weighted by Crippen LogP contribution is -2.28. The van der Waals surface area contributed by atoms with Gasteiger partial charge in [-0.1, -0.05) is 0 Å². The third-order valence-electron chi connectivity index (χ3n) is 3.75. The molecule has 0 unspecified atom stereocenters. The lowest BCUT2D eigenvalue weighted by molar-refractivity contribution is -0.132. The van der Waals surface area contributed by atoms with Gasteiger partial charge in [-0.05, 0) is 55.5 Å². The number of rotatable bonds is 5. The summed E-state index contributed by atoms with van der Waals surface area (Å²) in [4.78, 5) is 24.0. The number of carbonyl (C=O) groups is 2. The average molecular weight is 375 g/mol. The summed E-state index contributed by atoms with van der Waals surface area (Å²) >= 11 is 0. The van der Waals surface area contributed by atoms with Gasteiger partial charge in [-0.2, -0.15) is 10.4 Å². The van der Waals surface area contributed by atoms with Crippen molar-refractivity contribution < 1.29 is 14.3 Å². The first-order valence-electron chi connectivity index (χ1n) is 8.50. The monoisotopic (exact) mass is 375 g/mol. The van der Waals surface area contributed by atoms with Gasteiger partial charge in [-0.3, -0.25) is 14.3 Å². The van der Waals surface area contributed by atoms with Gasteiger partial charge >= 0.3 is 11.8 Å². The summed E-state index contributed by atoms with van der Waals surface area (Å²) in [6.45, 7) is 2.58. The summed E-state index contributed by atoms with van der Waals surface area (Å²) < 4.78 is 7.31. The number of anilines is 2. The Labute approximate surface area is 161 Å².